The Balaban J connectivity index is 2.38. The fourth-order valence-electron chi connectivity index (χ4n) is 1.61. The standard InChI is InChI=1S/C10H19N3O2/c1-10(2,9(11)15)13-8(14)5-7-3-4-12-6-7/h7,12H,3-6H2,1-2H3,(H2,11,15)(H,13,14). The average molecular weight is 213 g/mol. The second kappa shape index (κ2) is 4.61. The molecule has 0 saturated carbocycles. The number of carbonyl (C=O) groups is 2. The number of hydrogen-bond acceptors (Lipinski definition) is 3. The van der Waals surface area contributed by atoms with Crippen molar-refractivity contribution in [3.63, 3.8) is 0 Å². The summed E-state index contributed by atoms with van der Waals surface area (Å²) in [5, 5.41) is 5.83. The summed E-state index contributed by atoms with van der Waals surface area (Å²) in [6, 6.07) is 0. The average Bonchev–Trinajstić information content (AvgIpc) is 2.54. The molecule has 0 aliphatic carbocycles. The third-order valence-corrected chi connectivity index (χ3v) is 2.70. The molecule has 0 spiro atoms. The minimum Gasteiger partial charge on any atom is -0.368 e. The highest BCUT2D eigenvalue weighted by molar-refractivity contribution is 5.89. The molecule has 0 aromatic carbocycles. The first-order valence-electron chi connectivity index (χ1n) is 5.23. The molecule has 86 valence electrons. The molecule has 1 heterocycles. The molecular weight excluding hydrogens is 194 g/mol. The lowest BCUT2D eigenvalue weighted by Crippen LogP contribution is -2.53. The van der Waals surface area contributed by atoms with Crippen LogP contribution in [0.15, 0.2) is 0 Å². The first-order valence-corrected chi connectivity index (χ1v) is 5.23. The maximum atomic E-state index is 11.6. The number of rotatable bonds is 4. The predicted octanol–water partition coefficient (Wildman–Crippen LogP) is -0.634. The lowest BCUT2D eigenvalue weighted by atomic mass is 10.0. The van der Waals surface area contributed by atoms with E-state index in [1.165, 1.54) is 0 Å². The summed E-state index contributed by atoms with van der Waals surface area (Å²) in [4.78, 5) is 22.6. The van der Waals surface area contributed by atoms with Crippen molar-refractivity contribution in [1.82, 2.24) is 10.6 Å². The number of amides is 2. The van der Waals surface area contributed by atoms with Crippen LogP contribution in [0.2, 0.25) is 0 Å². The fourth-order valence-corrected chi connectivity index (χ4v) is 1.61. The summed E-state index contributed by atoms with van der Waals surface area (Å²) in [5.74, 6) is -0.235. The van der Waals surface area contributed by atoms with Gasteiger partial charge in [0, 0.05) is 6.42 Å². The van der Waals surface area contributed by atoms with Gasteiger partial charge < -0.3 is 16.4 Å². The van der Waals surface area contributed by atoms with Crippen LogP contribution in [0.5, 0.6) is 0 Å². The van der Waals surface area contributed by atoms with Crippen LogP contribution >= 0.6 is 0 Å². The van der Waals surface area contributed by atoms with Crippen molar-refractivity contribution in [2.24, 2.45) is 11.7 Å². The molecule has 1 aliphatic heterocycles. The third kappa shape index (κ3) is 3.51. The molecule has 4 N–H and O–H groups in total. The van der Waals surface area contributed by atoms with Crippen LogP contribution in [0.25, 0.3) is 0 Å². The second-order valence-electron chi connectivity index (χ2n) is 4.60. The maximum absolute atomic E-state index is 11.6. The van der Waals surface area contributed by atoms with E-state index in [1.54, 1.807) is 13.8 Å². The van der Waals surface area contributed by atoms with Gasteiger partial charge in [0.05, 0.1) is 0 Å². The summed E-state index contributed by atoms with van der Waals surface area (Å²) < 4.78 is 0. The summed E-state index contributed by atoms with van der Waals surface area (Å²) in [6.45, 7) is 5.07. The lowest BCUT2D eigenvalue weighted by Gasteiger charge is -2.23. The Kier molecular flexibility index (Phi) is 3.68. The van der Waals surface area contributed by atoms with Gasteiger partial charge in [-0.2, -0.15) is 0 Å². The first-order chi connectivity index (χ1) is 6.92. The van der Waals surface area contributed by atoms with E-state index in [4.69, 9.17) is 5.73 Å². The van der Waals surface area contributed by atoms with Gasteiger partial charge in [-0.05, 0) is 39.3 Å². The molecule has 1 atom stereocenters. The van der Waals surface area contributed by atoms with Crippen molar-refractivity contribution >= 4 is 11.8 Å². The van der Waals surface area contributed by atoms with Gasteiger partial charge in [0.15, 0.2) is 0 Å². The number of hydrogen-bond donors (Lipinski definition) is 3. The van der Waals surface area contributed by atoms with Gasteiger partial charge >= 0.3 is 0 Å². The van der Waals surface area contributed by atoms with E-state index in [-0.39, 0.29) is 5.91 Å². The lowest BCUT2D eigenvalue weighted by molar-refractivity contribution is -0.130. The van der Waals surface area contributed by atoms with E-state index in [9.17, 15) is 9.59 Å². The Morgan fingerprint density at radius 3 is 2.67 bits per heavy atom. The van der Waals surface area contributed by atoms with Crippen molar-refractivity contribution in [2.75, 3.05) is 13.1 Å². The Bertz CT molecular complexity index is 257. The maximum Gasteiger partial charge on any atom is 0.242 e. The van der Waals surface area contributed by atoms with E-state index in [1.807, 2.05) is 0 Å². The highest BCUT2D eigenvalue weighted by atomic mass is 16.2. The quantitative estimate of drug-likeness (QED) is 0.581. The Morgan fingerprint density at radius 1 is 1.53 bits per heavy atom. The largest absolute Gasteiger partial charge is 0.368 e. The summed E-state index contributed by atoms with van der Waals surface area (Å²) in [7, 11) is 0. The molecule has 5 heteroatoms. The second-order valence-corrected chi connectivity index (χ2v) is 4.60. The first kappa shape index (κ1) is 12.0. The number of carbonyl (C=O) groups excluding carboxylic acids is 2. The van der Waals surface area contributed by atoms with E-state index < -0.39 is 11.4 Å². The molecule has 0 aromatic rings. The van der Waals surface area contributed by atoms with Crippen molar-refractivity contribution in [3.05, 3.63) is 0 Å². The molecule has 1 rings (SSSR count). The van der Waals surface area contributed by atoms with Crippen molar-refractivity contribution in [1.29, 1.82) is 0 Å². The summed E-state index contributed by atoms with van der Waals surface area (Å²) in [6.07, 6.45) is 1.48. The van der Waals surface area contributed by atoms with Crippen LogP contribution in [0.3, 0.4) is 0 Å². The minimum absolute atomic E-state index is 0.104. The van der Waals surface area contributed by atoms with Gasteiger partial charge in [-0.3, -0.25) is 9.59 Å². The van der Waals surface area contributed by atoms with Crippen LogP contribution in [-0.4, -0.2) is 30.4 Å². The van der Waals surface area contributed by atoms with Gasteiger partial charge in [-0.1, -0.05) is 0 Å². The van der Waals surface area contributed by atoms with E-state index in [0.717, 1.165) is 19.5 Å². The zero-order valence-electron chi connectivity index (χ0n) is 9.30. The van der Waals surface area contributed by atoms with Crippen LogP contribution in [-0.2, 0) is 9.59 Å². The topological polar surface area (TPSA) is 84.2 Å². The molecule has 2 amide bonds. The fraction of sp³-hybridized carbons (Fsp3) is 0.800. The van der Waals surface area contributed by atoms with Gasteiger partial charge in [0.2, 0.25) is 11.8 Å². The molecular formula is C10H19N3O2. The molecule has 1 saturated heterocycles. The normalized spacial score (nSPS) is 21.3. The Labute approximate surface area is 89.8 Å². The third-order valence-electron chi connectivity index (χ3n) is 2.70. The van der Waals surface area contributed by atoms with Gasteiger partial charge in [0.25, 0.3) is 0 Å². The molecule has 0 bridgehead atoms. The van der Waals surface area contributed by atoms with Crippen molar-refractivity contribution in [3.8, 4) is 0 Å². The summed E-state index contributed by atoms with van der Waals surface area (Å²) >= 11 is 0. The van der Waals surface area contributed by atoms with E-state index in [2.05, 4.69) is 10.6 Å². The monoisotopic (exact) mass is 213 g/mol. The number of primary amides is 1. The zero-order chi connectivity index (χ0) is 11.5. The SMILES string of the molecule is CC(C)(NC(=O)CC1CCNC1)C(N)=O. The molecule has 0 aromatic heterocycles. The molecule has 1 unspecified atom stereocenters. The van der Waals surface area contributed by atoms with E-state index in [0.29, 0.717) is 12.3 Å². The number of nitrogens with two attached hydrogens (primary N) is 1. The predicted molar refractivity (Wildman–Crippen MR) is 57.0 cm³/mol. The van der Waals surface area contributed by atoms with Crippen molar-refractivity contribution in [2.45, 2.75) is 32.2 Å². The Morgan fingerprint density at radius 2 is 2.20 bits per heavy atom. The molecule has 0 radical (unpaired) electrons. The van der Waals surface area contributed by atoms with Crippen LogP contribution < -0.4 is 16.4 Å². The van der Waals surface area contributed by atoms with Gasteiger partial charge in [-0.25, -0.2) is 0 Å². The molecule has 15 heavy (non-hydrogen) atoms. The van der Waals surface area contributed by atoms with Crippen molar-refractivity contribution < 1.29 is 9.59 Å². The highest BCUT2D eigenvalue weighted by Crippen LogP contribution is 2.12. The van der Waals surface area contributed by atoms with Crippen LogP contribution in [0.1, 0.15) is 26.7 Å². The summed E-state index contributed by atoms with van der Waals surface area (Å²) in [5.41, 5.74) is 4.21. The van der Waals surface area contributed by atoms with Gasteiger partial charge in [0.1, 0.15) is 5.54 Å². The van der Waals surface area contributed by atoms with Crippen LogP contribution in [0, 0.1) is 5.92 Å². The molecule has 1 aliphatic rings. The van der Waals surface area contributed by atoms with E-state index >= 15 is 0 Å². The van der Waals surface area contributed by atoms with Gasteiger partial charge in [-0.15, -0.1) is 0 Å². The highest BCUT2D eigenvalue weighted by Gasteiger charge is 2.28. The minimum atomic E-state index is -0.955. The van der Waals surface area contributed by atoms with Crippen LogP contribution in [0.4, 0.5) is 0 Å². The zero-order valence-corrected chi connectivity index (χ0v) is 9.30. The number of nitrogens with one attached hydrogen (secondary N) is 2. The smallest absolute Gasteiger partial charge is 0.242 e. The molecule has 5 nitrogen and oxygen atoms in total. The molecule has 1 fully saturated rings. The Hall–Kier alpha value is -1.10.